The molecule has 3 nitrogen and oxygen atoms in total. The molecule has 86 valence electrons. The molecule has 0 saturated carbocycles. The lowest BCUT2D eigenvalue weighted by Gasteiger charge is -2.32. The highest BCUT2D eigenvalue weighted by molar-refractivity contribution is 4.80. The molecule has 1 unspecified atom stereocenters. The average Bonchev–Trinajstić information content (AvgIpc) is 1.78. The van der Waals surface area contributed by atoms with Crippen molar-refractivity contribution in [3.05, 3.63) is 0 Å². The number of ether oxygens (including phenoxy) is 1. The quantitative estimate of drug-likeness (QED) is 0.690. The molecular weight excluding hydrogens is 180 g/mol. The molecule has 3 heteroatoms. The summed E-state index contributed by atoms with van der Waals surface area (Å²) in [5, 5.41) is 19.3. The van der Waals surface area contributed by atoms with Gasteiger partial charge < -0.3 is 14.9 Å². The maximum absolute atomic E-state index is 9.68. The van der Waals surface area contributed by atoms with Crippen LogP contribution in [0.1, 0.15) is 40.5 Å². The highest BCUT2D eigenvalue weighted by atomic mass is 16.5. The summed E-state index contributed by atoms with van der Waals surface area (Å²) in [5.41, 5.74) is -0.757. The van der Waals surface area contributed by atoms with Gasteiger partial charge in [-0.3, -0.25) is 0 Å². The summed E-state index contributed by atoms with van der Waals surface area (Å²) >= 11 is 0. The molecule has 0 amide bonds. The molecule has 0 aliphatic heterocycles. The van der Waals surface area contributed by atoms with Crippen LogP contribution in [0, 0.1) is 5.41 Å². The summed E-state index contributed by atoms with van der Waals surface area (Å²) in [7, 11) is 1.58. The van der Waals surface area contributed by atoms with Crippen molar-refractivity contribution in [3.63, 3.8) is 0 Å². The third kappa shape index (κ3) is 7.30. The van der Waals surface area contributed by atoms with Crippen molar-refractivity contribution in [1.82, 2.24) is 0 Å². The van der Waals surface area contributed by atoms with Gasteiger partial charge in [-0.2, -0.15) is 0 Å². The largest absolute Gasteiger partial charge is 0.391 e. The van der Waals surface area contributed by atoms with Crippen LogP contribution in [0.4, 0.5) is 0 Å². The van der Waals surface area contributed by atoms with Crippen molar-refractivity contribution < 1.29 is 14.9 Å². The molecule has 0 rings (SSSR count). The number of aliphatic hydroxyl groups is 2. The number of aliphatic hydroxyl groups excluding tert-OH is 1. The second kappa shape index (κ2) is 5.10. The first-order valence-corrected chi connectivity index (χ1v) is 5.06. The molecule has 0 fully saturated rings. The van der Waals surface area contributed by atoms with Crippen molar-refractivity contribution in [2.45, 2.75) is 52.2 Å². The second-order valence-corrected chi connectivity index (χ2v) is 5.47. The fraction of sp³-hybridized carbons (Fsp3) is 1.00. The Morgan fingerprint density at radius 3 is 2.07 bits per heavy atom. The summed E-state index contributed by atoms with van der Waals surface area (Å²) in [6.45, 7) is 8.03. The van der Waals surface area contributed by atoms with Crippen LogP contribution in [-0.4, -0.2) is 35.6 Å². The molecule has 2 N–H and O–H groups in total. The zero-order valence-electron chi connectivity index (χ0n) is 10.0. The summed E-state index contributed by atoms with van der Waals surface area (Å²) < 4.78 is 4.87. The molecule has 0 aromatic heterocycles. The minimum absolute atomic E-state index is 0.0732. The minimum Gasteiger partial charge on any atom is -0.391 e. The highest BCUT2D eigenvalue weighted by Gasteiger charge is 2.28. The minimum atomic E-state index is -0.684. The maximum atomic E-state index is 9.68. The maximum Gasteiger partial charge on any atom is 0.0778 e. The van der Waals surface area contributed by atoms with E-state index in [1.807, 2.05) is 13.8 Å². The first kappa shape index (κ1) is 13.9. The predicted octanol–water partition coefficient (Wildman–Crippen LogP) is 1.57. The van der Waals surface area contributed by atoms with Crippen LogP contribution in [0.2, 0.25) is 0 Å². The van der Waals surface area contributed by atoms with E-state index in [4.69, 9.17) is 4.74 Å². The Bertz CT molecular complexity index is 158. The van der Waals surface area contributed by atoms with Gasteiger partial charge in [0.2, 0.25) is 0 Å². The van der Waals surface area contributed by atoms with Gasteiger partial charge in [-0.15, -0.1) is 0 Å². The molecule has 0 radical (unpaired) electrons. The predicted molar refractivity (Wildman–Crippen MR) is 57.2 cm³/mol. The van der Waals surface area contributed by atoms with Gasteiger partial charge in [0.15, 0.2) is 0 Å². The van der Waals surface area contributed by atoms with Gasteiger partial charge in [0.25, 0.3) is 0 Å². The van der Waals surface area contributed by atoms with E-state index in [0.29, 0.717) is 19.4 Å². The lowest BCUT2D eigenvalue weighted by atomic mass is 9.78. The Morgan fingerprint density at radius 1 is 1.21 bits per heavy atom. The van der Waals surface area contributed by atoms with Crippen LogP contribution in [-0.2, 0) is 4.74 Å². The molecule has 0 bridgehead atoms. The van der Waals surface area contributed by atoms with E-state index >= 15 is 0 Å². The first-order chi connectivity index (χ1) is 6.16. The molecule has 0 aliphatic carbocycles. The Balaban J connectivity index is 4.06. The van der Waals surface area contributed by atoms with Gasteiger partial charge in [-0.25, -0.2) is 0 Å². The van der Waals surface area contributed by atoms with Crippen LogP contribution in [0.3, 0.4) is 0 Å². The van der Waals surface area contributed by atoms with Gasteiger partial charge in [0, 0.05) is 7.11 Å². The lowest BCUT2D eigenvalue weighted by Crippen LogP contribution is -2.32. The van der Waals surface area contributed by atoms with Gasteiger partial charge in [0.1, 0.15) is 0 Å². The van der Waals surface area contributed by atoms with E-state index in [1.165, 1.54) is 0 Å². The number of hydrogen-bond donors (Lipinski definition) is 2. The third-order valence-corrected chi connectivity index (χ3v) is 2.06. The molecule has 0 aliphatic rings. The Hall–Kier alpha value is -0.120. The van der Waals surface area contributed by atoms with Crippen LogP contribution >= 0.6 is 0 Å². The van der Waals surface area contributed by atoms with Crippen molar-refractivity contribution in [2.24, 2.45) is 5.41 Å². The normalized spacial score (nSPS) is 15.6. The van der Waals surface area contributed by atoms with Gasteiger partial charge in [0.05, 0.1) is 18.3 Å². The molecule has 0 aromatic rings. The zero-order chi connectivity index (χ0) is 11.4. The fourth-order valence-electron chi connectivity index (χ4n) is 2.13. The van der Waals surface area contributed by atoms with E-state index in [9.17, 15) is 10.2 Å². The molecule has 14 heavy (non-hydrogen) atoms. The average molecular weight is 204 g/mol. The molecule has 0 saturated heterocycles. The second-order valence-electron chi connectivity index (χ2n) is 5.47. The van der Waals surface area contributed by atoms with Gasteiger partial charge in [-0.1, -0.05) is 13.8 Å². The van der Waals surface area contributed by atoms with Crippen molar-refractivity contribution in [3.8, 4) is 0 Å². The summed E-state index contributed by atoms with van der Waals surface area (Å²) in [6.07, 6.45) is 0.864. The number of methoxy groups -OCH3 is 1. The molecule has 0 aromatic carbocycles. The van der Waals surface area contributed by atoms with E-state index in [0.717, 1.165) is 0 Å². The van der Waals surface area contributed by atoms with Gasteiger partial charge >= 0.3 is 0 Å². The van der Waals surface area contributed by atoms with E-state index in [2.05, 4.69) is 0 Å². The van der Waals surface area contributed by atoms with Crippen LogP contribution in [0.15, 0.2) is 0 Å². The molecular formula is C11H24O3. The van der Waals surface area contributed by atoms with Crippen molar-refractivity contribution in [1.29, 1.82) is 0 Å². The fourth-order valence-corrected chi connectivity index (χ4v) is 2.13. The van der Waals surface area contributed by atoms with E-state index in [1.54, 1.807) is 21.0 Å². The smallest absolute Gasteiger partial charge is 0.0778 e. The summed E-state index contributed by atoms with van der Waals surface area (Å²) in [5.74, 6) is 0. The molecule has 0 spiro atoms. The summed E-state index contributed by atoms with van der Waals surface area (Å²) in [6, 6.07) is 0. The van der Waals surface area contributed by atoms with Crippen LogP contribution < -0.4 is 0 Å². The summed E-state index contributed by atoms with van der Waals surface area (Å²) in [4.78, 5) is 0. The number of hydrogen-bond acceptors (Lipinski definition) is 3. The standard InChI is InChI=1S/C11H24O3/c1-10(2,8-11(3,4)13)6-9(12)7-14-5/h9,12-13H,6-8H2,1-5H3. The van der Waals surface area contributed by atoms with E-state index < -0.39 is 11.7 Å². The Labute approximate surface area is 87.1 Å². The van der Waals surface area contributed by atoms with Crippen LogP contribution in [0.25, 0.3) is 0 Å². The third-order valence-electron chi connectivity index (χ3n) is 2.06. The highest BCUT2D eigenvalue weighted by Crippen LogP contribution is 2.32. The van der Waals surface area contributed by atoms with Crippen molar-refractivity contribution in [2.75, 3.05) is 13.7 Å². The Morgan fingerprint density at radius 2 is 1.71 bits per heavy atom. The Kier molecular flexibility index (Phi) is 5.06. The topological polar surface area (TPSA) is 49.7 Å². The molecule has 1 atom stereocenters. The lowest BCUT2D eigenvalue weighted by molar-refractivity contribution is -0.00558. The monoisotopic (exact) mass is 204 g/mol. The first-order valence-electron chi connectivity index (χ1n) is 5.06. The molecule has 0 heterocycles. The van der Waals surface area contributed by atoms with E-state index in [-0.39, 0.29) is 5.41 Å². The van der Waals surface area contributed by atoms with Crippen LogP contribution in [0.5, 0.6) is 0 Å². The van der Waals surface area contributed by atoms with Gasteiger partial charge in [-0.05, 0) is 32.1 Å². The number of rotatable bonds is 6. The zero-order valence-corrected chi connectivity index (χ0v) is 10.0. The van der Waals surface area contributed by atoms with Crippen molar-refractivity contribution >= 4 is 0 Å². The SMILES string of the molecule is COCC(O)CC(C)(C)CC(C)(C)O.